The van der Waals surface area contributed by atoms with E-state index >= 15 is 0 Å². The lowest BCUT2D eigenvalue weighted by Gasteiger charge is -2.04. The van der Waals surface area contributed by atoms with E-state index in [0.29, 0.717) is 11.1 Å². The van der Waals surface area contributed by atoms with Crippen molar-refractivity contribution in [2.45, 2.75) is 11.7 Å². The number of sulfonamides is 1. The average Bonchev–Trinajstić information content (AvgIpc) is 3.02. The number of primary sulfonamides is 1. The first-order valence-electron chi connectivity index (χ1n) is 6.28. The van der Waals surface area contributed by atoms with Crippen molar-refractivity contribution in [1.82, 2.24) is 0 Å². The van der Waals surface area contributed by atoms with Crippen LogP contribution in [0.5, 0.6) is 0 Å². The fourth-order valence-corrected chi connectivity index (χ4v) is 2.12. The van der Waals surface area contributed by atoms with Crippen LogP contribution in [0.1, 0.15) is 26.5 Å². The van der Waals surface area contributed by atoms with Crippen molar-refractivity contribution in [2.24, 2.45) is 5.14 Å². The molecule has 1 heterocycles. The van der Waals surface area contributed by atoms with Gasteiger partial charge in [-0.3, -0.25) is 0 Å². The number of esters is 2. The third kappa shape index (κ3) is 4.18. The molecule has 1 aromatic heterocycles. The summed E-state index contributed by atoms with van der Waals surface area (Å²) in [4.78, 5) is 23.0. The van der Waals surface area contributed by atoms with Crippen LogP contribution in [0.3, 0.4) is 0 Å². The lowest BCUT2D eigenvalue weighted by molar-refractivity contribution is 0.0429. The maximum atomic E-state index is 11.8. The van der Waals surface area contributed by atoms with E-state index in [1.165, 1.54) is 19.2 Å². The van der Waals surface area contributed by atoms with Gasteiger partial charge in [0.2, 0.25) is 10.9 Å². The number of hydrogen-bond donors (Lipinski definition) is 1. The molecule has 2 aromatic rings. The van der Waals surface area contributed by atoms with Gasteiger partial charge in [0.15, 0.2) is 0 Å². The molecule has 9 heteroatoms. The Morgan fingerprint density at radius 1 is 1.09 bits per heavy atom. The highest BCUT2D eigenvalue weighted by Crippen LogP contribution is 2.14. The molecule has 2 N–H and O–H groups in total. The number of methoxy groups -OCH3 is 1. The van der Waals surface area contributed by atoms with Crippen molar-refractivity contribution in [1.29, 1.82) is 0 Å². The molecule has 0 aliphatic heterocycles. The van der Waals surface area contributed by atoms with Crippen molar-refractivity contribution < 1.29 is 31.9 Å². The second-order valence-electron chi connectivity index (χ2n) is 4.43. The monoisotopic (exact) mass is 339 g/mol. The molecular weight excluding hydrogens is 326 g/mol. The Bertz CT molecular complexity index is 821. The third-order valence-corrected chi connectivity index (χ3v) is 3.59. The van der Waals surface area contributed by atoms with Crippen LogP contribution in [0.15, 0.2) is 45.9 Å². The molecule has 0 saturated carbocycles. The van der Waals surface area contributed by atoms with E-state index in [9.17, 15) is 18.0 Å². The zero-order chi connectivity index (χ0) is 17.0. The zero-order valence-corrected chi connectivity index (χ0v) is 12.8. The van der Waals surface area contributed by atoms with Crippen LogP contribution in [0.4, 0.5) is 0 Å². The number of furan rings is 1. The quantitative estimate of drug-likeness (QED) is 0.807. The number of hydrogen-bond acceptors (Lipinski definition) is 7. The standard InChI is InChI=1S/C14H13NO7S/c1-20-13(16)10-4-2-9(3-5-10)8-21-14(17)11-6-7-12(22-11)23(15,18)19/h2-7H,8H2,1H3,(H2,15,18,19). The van der Waals surface area contributed by atoms with Crippen molar-refractivity contribution in [3.8, 4) is 0 Å². The van der Waals surface area contributed by atoms with Gasteiger partial charge >= 0.3 is 11.9 Å². The minimum Gasteiger partial charge on any atom is -0.465 e. The molecule has 0 atom stereocenters. The van der Waals surface area contributed by atoms with Crippen molar-refractivity contribution >= 4 is 22.0 Å². The topological polar surface area (TPSA) is 126 Å². The first-order valence-corrected chi connectivity index (χ1v) is 7.83. The zero-order valence-electron chi connectivity index (χ0n) is 12.0. The number of benzene rings is 1. The summed E-state index contributed by atoms with van der Waals surface area (Å²) in [5.41, 5.74) is 0.996. The second kappa shape index (κ2) is 6.63. The minimum atomic E-state index is -4.02. The number of ether oxygens (including phenoxy) is 2. The Morgan fingerprint density at radius 2 is 1.74 bits per heavy atom. The van der Waals surface area contributed by atoms with E-state index in [-0.39, 0.29) is 12.4 Å². The van der Waals surface area contributed by atoms with Gasteiger partial charge in [-0.15, -0.1) is 0 Å². The lowest BCUT2D eigenvalue weighted by atomic mass is 10.1. The van der Waals surface area contributed by atoms with Crippen molar-refractivity contribution in [3.05, 3.63) is 53.3 Å². The number of carbonyl (C=O) groups excluding carboxylic acids is 2. The second-order valence-corrected chi connectivity index (χ2v) is 5.92. The van der Waals surface area contributed by atoms with Gasteiger partial charge in [0.1, 0.15) is 6.61 Å². The van der Waals surface area contributed by atoms with Crippen LogP contribution in [0.25, 0.3) is 0 Å². The normalized spacial score (nSPS) is 11.0. The van der Waals surface area contributed by atoms with Crippen LogP contribution < -0.4 is 5.14 Å². The van der Waals surface area contributed by atoms with E-state index in [1.807, 2.05) is 0 Å². The van der Waals surface area contributed by atoms with E-state index < -0.39 is 27.1 Å². The molecule has 1 aromatic carbocycles. The maximum absolute atomic E-state index is 11.8. The summed E-state index contributed by atoms with van der Waals surface area (Å²) in [5, 5.41) is 4.35. The van der Waals surface area contributed by atoms with Gasteiger partial charge in [-0.25, -0.2) is 23.1 Å². The first-order chi connectivity index (χ1) is 10.8. The minimum absolute atomic E-state index is 0.0777. The average molecular weight is 339 g/mol. The first kappa shape index (κ1) is 16.7. The molecule has 122 valence electrons. The molecule has 8 nitrogen and oxygen atoms in total. The van der Waals surface area contributed by atoms with Gasteiger partial charge in [0, 0.05) is 0 Å². The molecule has 0 amide bonds. The summed E-state index contributed by atoms with van der Waals surface area (Å²) in [6.45, 7) is -0.0777. The van der Waals surface area contributed by atoms with E-state index in [4.69, 9.17) is 14.3 Å². The van der Waals surface area contributed by atoms with Crippen molar-refractivity contribution in [2.75, 3.05) is 7.11 Å². The smallest absolute Gasteiger partial charge is 0.374 e. The summed E-state index contributed by atoms with van der Waals surface area (Å²) >= 11 is 0. The van der Waals surface area contributed by atoms with Crippen molar-refractivity contribution in [3.63, 3.8) is 0 Å². The fourth-order valence-electron chi connectivity index (χ4n) is 1.66. The van der Waals surface area contributed by atoms with Gasteiger partial charge in [0.05, 0.1) is 12.7 Å². The molecule has 0 unspecified atom stereocenters. The van der Waals surface area contributed by atoms with E-state index in [2.05, 4.69) is 4.74 Å². The third-order valence-electron chi connectivity index (χ3n) is 2.81. The highest BCUT2D eigenvalue weighted by molar-refractivity contribution is 7.89. The largest absolute Gasteiger partial charge is 0.465 e. The van der Waals surface area contributed by atoms with Crippen LogP contribution in [-0.2, 0) is 26.1 Å². The summed E-state index contributed by atoms with van der Waals surface area (Å²) in [5.74, 6) is -1.59. The lowest BCUT2D eigenvalue weighted by Crippen LogP contribution is -2.11. The Kier molecular flexibility index (Phi) is 4.82. The Balaban J connectivity index is 1.99. The molecule has 0 aliphatic rings. The highest BCUT2D eigenvalue weighted by Gasteiger charge is 2.18. The van der Waals surface area contributed by atoms with Gasteiger partial charge in [-0.2, -0.15) is 0 Å². The molecule has 0 saturated heterocycles. The number of rotatable bonds is 5. The van der Waals surface area contributed by atoms with E-state index in [0.717, 1.165) is 12.1 Å². The SMILES string of the molecule is COC(=O)c1ccc(COC(=O)c2ccc(S(N)(=O)=O)o2)cc1. The number of nitrogens with two attached hydrogens (primary N) is 1. The Hall–Kier alpha value is -2.65. The number of carbonyl (C=O) groups is 2. The summed E-state index contributed by atoms with van der Waals surface area (Å²) in [7, 11) is -2.74. The van der Waals surface area contributed by atoms with Gasteiger partial charge in [0.25, 0.3) is 10.0 Å². The predicted molar refractivity (Wildman–Crippen MR) is 77.0 cm³/mol. The molecule has 0 spiro atoms. The molecular formula is C14H13NO7S. The Morgan fingerprint density at radius 3 is 2.26 bits per heavy atom. The van der Waals surface area contributed by atoms with Crippen LogP contribution >= 0.6 is 0 Å². The predicted octanol–water partition coefficient (Wildman–Crippen LogP) is 1.07. The van der Waals surface area contributed by atoms with Gasteiger partial charge < -0.3 is 13.9 Å². The molecule has 23 heavy (non-hydrogen) atoms. The van der Waals surface area contributed by atoms with Crippen LogP contribution in [0, 0.1) is 0 Å². The van der Waals surface area contributed by atoms with Crippen LogP contribution in [0.2, 0.25) is 0 Å². The molecule has 0 bridgehead atoms. The van der Waals surface area contributed by atoms with E-state index in [1.54, 1.807) is 12.1 Å². The molecule has 2 rings (SSSR count). The summed E-state index contributed by atoms with van der Waals surface area (Å²) in [6, 6.07) is 8.47. The summed E-state index contributed by atoms with van der Waals surface area (Å²) < 4.78 is 36.5. The Labute approximate surface area is 131 Å². The highest BCUT2D eigenvalue weighted by atomic mass is 32.2. The molecule has 0 aliphatic carbocycles. The van der Waals surface area contributed by atoms with Gasteiger partial charge in [-0.05, 0) is 29.8 Å². The fraction of sp³-hybridized carbons (Fsp3) is 0.143. The maximum Gasteiger partial charge on any atom is 0.374 e. The molecule has 0 fully saturated rings. The molecule has 0 radical (unpaired) electrons. The van der Waals surface area contributed by atoms with Crippen LogP contribution in [-0.4, -0.2) is 27.5 Å². The summed E-state index contributed by atoms with van der Waals surface area (Å²) in [6.07, 6.45) is 0. The van der Waals surface area contributed by atoms with Gasteiger partial charge in [-0.1, -0.05) is 12.1 Å².